The molecule has 1 heterocycles. The average Bonchev–Trinajstić information content (AvgIpc) is 2.22. The Kier molecular flexibility index (Phi) is 5.47. The topological polar surface area (TPSA) is 24.9 Å². The molecule has 0 saturated carbocycles. The monoisotopic (exact) mass is 220 g/mol. The predicted octanol–water partition coefficient (Wildman–Crippen LogP) is 3.54. The van der Waals surface area contributed by atoms with Crippen LogP contribution in [-0.2, 0) is 0 Å². The van der Waals surface area contributed by atoms with Gasteiger partial charge in [-0.3, -0.25) is 4.98 Å². The van der Waals surface area contributed by atoms with E-state index in [1.807, 2.05) is 0 Å². The van der Waals surface area contributed by atoms with Crippen LogP contribution in [0, 0.1) is 13.8 Å². The molecule has 0 spiro atoms. The van der Waals surface area contributed by atoms with Gasteiger partial charge in [0.1, 0.15) is 0 Å². The van der Waals surface area contributed by atoms with Gasteiger partial charge in [0.2, 0.25) is 0 Å². The van der Waals surface area contributed by atoms with E-state index >= 15 is 0 Å². The standard InChI is InChI=1S/C14H24N2/c1-5-7-8-14(15-6-2)13-9-11(3)16-12(4)10-13/h9-10,14-15H,5-8H2,1-4H3. The summed E-state index contributed by atoms with van der Waals surface area (Å²) < 4.78 is 0. The first-order valence-electron chi connectivity index (χ1n) is 6.36. The summed E-state index contributed by atoms with van der Waals surface area (Å²) in [6, 6.07) is 4.90. The Hall–Kier alpha value is -0.890. The Bertz CT molecular complexity index is 300. The Morgan fingerprint density at radius 3 is 2.31 bits per heavy atom. The van der Waals surface area contributed by atoms with E-state index < -0.39 is 0 Å². The molecule has 0 radical (unpaired) electrons. The second-order valence-corrected chi connectivity index (χ2v) is 4.44. The molecule has 0 aliphatic heterocycles. The summed E-state index contributed by atoms with van der Waals surface area (Å²) in [7, 11) is 0. The fourth-order valence-electron chi connectivity index (χ4n) is 2.11. The molecule has 0 saturated heterocycles. The maximum absolute atomic E-state index is 4.43. The third-order valence-electron chi connectivity index (χ3n) is 2.80. The molecule has 2 heteroatoms. The molecule has 1 atom stereocenters. The smallest absolute Gasteiger partial charge is 0.0379 e. The van der Waals surface area contributed by atoms with E-state index in [9.17, 15) is 0 Å². The van der Waals surface area contributed by atoms with Crippen LogP contribution in [0.2, 0.25) is 0 Å². The maximum atomic E-state index is 4.43. The normalized spacial score (nSPS) is 12.8. The van der Waals surface area contributed by atoms with E-state index in [1.54, 1.807) is 0 Å². The molecule has 0 amide bonds. The van der Waals surface area contributed by atoms with E-state index in [0.29, 0.717) is 6.04 Å². The lowest BCUT2D eigenvalue weighted by Gasteiger charge is -2.19. The van der Waals surface area contributed by atoms with Gasteiger partial charge in [0.15, 0.2) is 0 Å². The average molecular weight is 220 g/mol. The zero-order chi connectivity index (χ0) is 12.0. The molecule has 1 N–H and O–H groups in total. The second kappa shape index (κ2) is 6.64. The van der Waals surface area contributed by atoms with Crippen molar-refractivity contribution >= 4 is 0 Å². The summed E-state index contributed by atoms with van der Waals surface area (Å²) >= 11 is 0. The van der Waals surface area contributed by atoms with E-state index in [-0.39, 0.29) is 0 Å². The highest BCUT2D eigenvalue weighted by atomic mass is 14.9. The van der Waals surface area contributed by atoms with E-state index in [1.165, 1.54) is 24.8 Å². The first-order valence-corrected chi connectivity index (χ1v) is 6.36. The van der Waals surface area contributed by atoms with Gasteiger partial charge in [-0.25, -0.2) is 0 Å². The molecule has 1 rings (SSSR count). The maximum Gasteiger partial charge on any atom is 0.0379 e. The van der Waals surface area contributed by atoms with E-state index in [0.717, 1.165) is 17.9 Å². The number of nitrogens with zero attached hydrogens (tertiary/aromatic N) is 1. The third-order valence-corrected chi connectivity index (χ3v) is 2.80. The zero-order valence-electron chi connectivity index (χ0n) is 11.0. The van der Waals surface area contributed by atoms with Gasteiger partial charge in [0.05, 0.1) is 0 Å². The molecule has 1 aromatic heterocycles. The van der Waals surface area contributed by atoms with Gasteiger partial charge < -0.3 is 5.32 Å². The van der Waals surface area contributed by atoms with Crippen molar-refractivity contribution in [3.05, 3.63) is 29.1 Å². The molecule has 1 unspecified atom stereocenters. The van der Waals surface area contributed by atoms with Gasteiger partial charge in [0, 0.05) is 17.4 Å². The highest BCUT2D eigenvalue weighted by Crippen LogP contribution is 2.20. The van der Waals surface area contributed by atoms with Crippen LogP contribution >= 0.6 is 0 Å². The van der Waals surface area contributed by atoms with Gasteiger partial charge in [-0.1, -0.05) is 26.7 Å². The number of hydrogen-bond acceptors (Lipinski definition) is 2. The first kappa shape index (κ1) is 13.2. The van der Waals surface area contributed by atoms with Crippen LogP contribution in [0.5, 0.6) is 0 Å². The highest BCUT2D eigenvalue weighted by Gasteiger charge is 2.10. The van der Waals surface area contributed by atoms with Crippen LogP contribution in [-0.4, -0.2) is 11.5 Å². The number of aryl methyl sites for hydroxylation is 2. The Labute approximate surface area is 99.5 Å². The minimum atomic E-state index is 0.491. The summed E-state index contributed by atoms with van der Waals surface area (Å²) in [6.07, 6.45) is 3.75. The number of unbranched alkanes of at least 4 members (excludes halogenated alkanes) is 1. The lowest BCUT2D eigenvalue weighted by molar-refractivity contribution is 0.494. The molecule has 0 aromatic carbocycles. The molecule has 0 fully saturated rings. The lowest BCUT2D eigenvalue weighted by atomic mass is 10.0. The third kappa shape index (κ3) is 3.93. The molecule has 1 aromatic rings. The van der Waals surface area contributed by atoms with Crippen LogP contribution in [0.4, 0.5) is 0 Å². The summed E-state index contributed by atoms with van der Waals surface area (Å²) in [4.78, 5) is 4.43. The van der Waals surface area contributed by atoms with Crippen LogP contribution in [0.1, 0.15) is 56.1 Å². The lowest BCUT2D eigenvalue weighted by Crippen LogP contribution is -2.21. The SMILES string of the molecule is CCCCC(NCC)c1cc(C)nc(C)c1. The van der Waals surface area contributed by atoms with Crippen LogP contribution in [0.15, 0.2) is 12.1 Å². The summed E-state index contributed by atoms with van der Waals surface area (Å²) in [5.41, 5.74) is 3.63. The van der Waals surface area contributed by atoms with Crippen molar-refractivity contribution in [2.45, 2.75) is 53.0 Å². The van der Waals surface area contributed by atoms with Crippen LogP contribution in [0.25, 0.3) is 0 Å². The Morgan fingerprint density at radius 1 is 1.19 bits per heavy atom. The predicted molar refractivity (Wildman–Crippen MR) is 69.7 cm³/mol. The number of nitrogens with one attached hydrogen (secondary N) is 1. The van der Waals surface area contributed by atoms with Crippen molar-refractivity contribution in [3.63, 3.8) is 0 Å². The Morgan fingerprint density at radius 2 is 1.81 bits per heavy atom. The largest absolute Gasteiger partial charge is 0.310 e. The quantitative estimate of drug-likeness (QED) is 0.793. The molecule has 2 nitrogen and oxygen atoms in total. The second-order valence-electron chi connectivity index (χ2n) is 4.44. The van der Waals surface area contributed by atoms with Crippen LogP contribution in [0.3, 0.4) is 0 Å². The van der Waals surface area contributed by atoms with Crippen molar-refractivity contribution in [1.29, 1.82) is 0 Å². The van der Waals surface area contributed by atoms with Gasteiger partial charge in [-0.05, 0) is 44.5 Å². The number of hydrogen-bond donors (Lipinski definition) is 1. The minimum absolute atomic E-state index is 0.491. The molecule has 16 heavy (non-hydrogen) atoms. The first-order chi connectivity index (χ1) is 7.67. The summed E-state index contributed by atoms with van der Waals surface area (Å²) in [6.45, 7) is 9.57. The Balaban J connectivity index is 2.82. The highest BCUT2D eigenvalue weighted by molar-refractivity contribution is 5.23. The molecular formula is C14H24N2. The van der Waals surface area contributed by atoms with Gasteiger partial charge >= 0.3 is 0 Å². The molecule has 0 bridgehead atoms. The van der Waals surface area contributed by atoms with Crippen molar-refractivity contribution in [1.82, 2.24) is 10.3 Å². The fraction of sp³-hybridized carbons (Fsp3) is 0.643. The van der Waals surface area contributed by atoms with Gasteiger partial charge in [-0.2, -0.15) is 0 Å². The van der Waals surface area contributed by atoms with Crippen molar-refractivity contribution in [2.24, 2.45) is 0 Å². The van der Waals surface area contributed by atoms with Crippen LogP contribution < -0.4 is 5.32 Å². The number of rotatable bonds is 6. The molecule has 0 aliphatic rings. The number of aromatic nitrogens is 1. The zero-order valence-corrected chi connectivity index (χ0v) is 11.0. The summed E-state index contributed by atoms with van der Waals surface area (Å²) in [5.74, 6) is 0. The summed E-state index contributed by atoms with van der Waals surface area (Å²) in [5, 5.41) is 3.56. The van der Waals surface area contributed by atoms with Crippen molar-refractivity contribution in [2.75, 3.05) is 6.54 Å². The number of pyridine rings is 1. The molecule has 90 valence electrons. The minimum Gasteiger partial charge on any atom is -0.310 e. The molecule has 0 aliphatic carbocycles. The van der Waals surface area contributed by atoms with Crippen molar-refractivity contribution < 1.29 is 0 Å². The van der Waals surface area contributed by atoms with Crippen molar-refractivity contribution in [3.8, 4) is 0 Å². The fourth-order valence-corrected chi connectivity index (χ4v) is 2.11. The van der Waals surface area contributed by atoms with E-state index in [2.05, 4.69) is 50.1 Å². The van der Waals surface area contributed by atoms with Gasteiger partial charge in [-0.15, -0.1) is 0 Å². The van der Waals surface area contributed by atoms with E-state index in [4.69, 9.17) is 0 Å². The van der Waals surface area contributed by atoms with Gasteiger partial charge in [0.25, 0.3) is 0 Å². The molecular weight excluding hydrogens is 196 g/mol.